The first-order valence-corrected chi connectivity index (χ1v) is 6.53. The topological polar surface area (TPSA) is 57.5 Å². The van der Waals surface area contributed by atoms with Gasteiger partial charge in [0, 0.05) is 5.30 Å². The Balaban J connectivity index is 0.00000169. The Labute approximate surface area is 90.1 Å². The van der Waals surface area contributed by atoms with Gasteiger partial charge in [-0.15, -0.1) is 12.4 Å². The van der Waals surface area contributed by atoms with Crippen LogP contribution in [0.25, 0.3) is 0 Å². The zero-order valence-corrected chi connectivity index (χ0v) is 9.76. The van der Waals surface area contributed by atoms with E-state index in [0.29, 0.717) is 5.46 Å². The van der Waals surface area contributed by atoms with E-state index >= 15 is 0 Å². The highest BCUT2D eigenvalue weighted by molar-refractivity contribution is 7.70. The molecule has 0 aliphatic carbocycles. The Morgan fingerprint density at radius 1 is 1.14 bits per heavy atom. The number of halogens is 1. The van der Waals surface area contributed by atoms with E-state index in [9.17, 15) is 4.57 Å². The molecule has 0 atom stereocenters. The van der Waals surface area contributed by atoms with Crippen molar-refractivity contribution < 1.29 is 14.6 Å². The maximum absolute atomic E-state index is 11.6. The van der Waals surface area contributed by atoms with Crippen molar-refractivity contribution >= 4 is 37.4 Å². The van der Waals surface area contributed by atoms with Crippen LogP contribution >= 0.6 is 19.5 Å². The molecular formula is C8H13BClO3P. The summed E-state index contributed by atoms with van der Waals surface area (Å²) in [6, 6.07) is 6.46. The molecule has 1 aromatic carbocycles. The molecule has 0 fully saturated rings. The van der Waals surface area contributed by atoms with Crippen molar-refractivity contribution in [1.29, 1.82) is 0 Å². The van der Waals surface area contributed by atoms with Crippen LogP contribution in [0.2, 0.25) is 0 Å². The standard InChI is InChI=1S/C8H12BO3P.ClH/c1-13(2,12)8-5-3-7(4-6-8)9(10)11;/h3-6,10-11H,1-2H3;1H. The number of hydrogen-bond acceptors (Lipinski definition) is 3. The summed E-state index contributed by atoms with van der Waals surface area (Å²) >= 11 is 0. The molecule has 3 nitrogen and oxygen atoms in total. The second-order valence-corrected chi connectivity index (χ2v) is 6.53. The molecule has 0 spiro atoms. The third-order valence-electron chi connectivity index (χ3n) is 1.81. The Hall–Kier alpha value is -0.275. The van der Waals surface area contributed by atoms with Gasteiger partial charge in [0.05, 0.1) is 0 Å². The minimum atomic E-state index is -2.23. The van der Waals surface area contributed by atoms with Gasteiger partial charge in [0.1, 0.15) is 7.14 Å². The lowest BCUT2D eigenvalue weighted by molar-refractivity contribution is 0.426. The third kappa shape index (κ3) is 3.47. The van der Waals surface area contributed by atoms with Crippen molar-refractivity contribution in [2.75, 3.05) is 13.3 Å². The second-order valence-electron chi connectivity index (χ2n) is 3.32. The van der Waals surface area contributed by atoms with Gasteiger partial charge in [0.25, 0.3) is 0 Å². The van der Waals surface area contributed by atoms with Crippen LogP contribution in [0.15, 0.2) is 24.3 Å². The highest BCUT2D eigenvalue weighted by Crippen LogP contribution is 2.33. The first-order chi connectivity index (χ1) is 5.91. The van der Waals surface area contributed by atoms with Gasteiger partial charge >= 0.3 is 7.12 Å². The Morgan fingerprint density at radius 3 is 1.86 bits per heavy atom. The van der Waals surface area contributed by atoms with Crippen molar-refractivity contribution in [2.24, 2.45) is 0 Å². The summed E-state index contributed by atoms with van der Waals surface area (Å²) in [4.78, 5) is 0. The first-order valence-electron chi connectivity index (χ1n) is 3.93. The molecule has 78 valence electrons. The molecule has 0 radical (unpaired) electrons. The summed E-state index contributed by atoms with van der Waals surface area (Å²) in [6.07, 6.45) is 0. The van der Waals surface area contributed by atoms with E-state index in [2.05, 4.69) is 0 Å². The lowest BCUT2D eigenvalue weighted by atomic mass is 9.81. The van der Waals surface area contributed by atoms with Crippen molar-refractivity contribution in [1.82, 2.24) is 0 Å². The van der Waals surface area contributed by atoms with Gasteiger partial charge in [0.2, 0.25) is 0 Å². The Morgan fingerprint density at radius 2 is 1.57 bits per heavy atom. The SMILES string of the molecule is CP(C)(=O)c1ccc(B(O)O)cc1.Cl. The Kier molecular flexibility index (Phi) is 4.89. The van der Waals surface area contributed by atoms with Crippen LogP contribution in [0.3, 0.4) is 0 Å². The lowest BCUT2D eigenvalue weighted by Gasteiger charge is -2.07. The van der Waals surface area contributed by atoms with E-state index < -0.39 is 14.3 Å². The average Bonchev–Trinajstić information content (AvgIpc) is 2.03. The summed E-state index contributed by atoms with van der Waals surface area (Å²) in [6.45, 7) is 3.36. The fourth-order valence-electron chi connectivity index (χ4n) is 1.01. The minimum absolute atomic E-state index is 0. The van der Waals surface area contributed by atoms with E-state index in [1.807, 2.05) is 0 Å². The van der Waals surface area contributed by atoms with E-state index in [-0.39, 0.29) is 12.4 Å². The van der Waals surface area contributed by atoms with E-state index in [0.717, 1.165) is 5.30 Å². The second kappa shape index (κ2) is 4.99. The predicted molar refractivity (Wildman–Crippen MR) is 62.6 cm³/mol. The normalized spacial score (nSPS) is 10.6. The summed E-state index contributed by atoms with van der Waals surface area (Å²) in [7, 11) is -3.69. The van der Waals surface area contributed by atoms with E-state index in [4.69, 9.17) is 10.0 Å². The zero-order valence-electron chi connectivity index (χ0n) is 8.04. The molecule has 0 bridgehead atoms. The average molecular weight is 234 g/mol. The number of hydrogen-bond donors (Lipinski definition) is 2. The van der Waals surface area contributed by atoms with Crippen molar-refractivity contribution in [3.05, 3.63) is 24.3 Å². The molecule has 0 unspecified atom stereocenters. The molecule has 0 amide bonds. The highest BCUT2D eigenvalue weighted by Gasteiger charge is 2.14. The first kappa shape index (κ1) is 13.7. The fraction of sp³-hybridized carbons (Fsp3) is 0.250. The van der Waals surface area contributed by atoms with Crippen LogP contribution in [-0.4, -0.2) is 30.5 Å². The van der Waals surface area contributed by atoms with E-state index in [1.54, 1.807) is 37.6 Å². The fourth-order valence-corrected chi connectivity index (χ4v) is 1.87. The zero-order chi connectivity index (χ0) is 10.1. The monoisotopic (exact) mass is 234 g/mol. The van der Waals surface area contributed by atoms with Gasteiger partial charge in [0.15, 0.2) is 0 Å². The van der Waals surface area contributed by atoms with Crippen molar-refractivity contribution in [2.45, 2.75) is 0 Å². The van der Waals surface area contributed by atoms with Gasteiger partial charge in [-0.3, -0.25) is 0 Å². The smallest absolute Gasteiger partial charge is 0.423 e. The number of benzene rings is 1. The molecule has 1 rings (SSSR count). The molecule has 14 heavy (non-hydrogen) atoms. The third-order valence-corrected chi connectivity index (χ3v) is 3.35. The summed E-state index contributed by atoms with van der Waals surface area (Å²) in [5, 5.41) is 18.4. The maximum Gasteiger partial charge on any atom is 0.488 e. The van der Waals surface area contributed by atoms with Crippen LogP contribution in [0.5, 0.6) is 0 Å². The van der Waals surface area contributed by atoms with Gasteiger partial charge in [-0.2, -0.15) is 0 Å². The van der Waals surface area contributed by atoms with Gasteiger partial charge < -0.3 is 14.6 Å². The van der Waals surface area contributed by atoms with Gasteiger partial charge in [-0.25, -0.2) is 0 Å². The molecule has 0 aliphatic heterocycles. The predicted octanol–water partition coefficient (Wildman–Crippen LogP) is 0.0362. The molecule has 0 heterocycles. The van der Waals surface area contributed by atoms with Crippen LogP contribution in [0.1, 0.15) is 0 Å². The summed E-state index contributed by atoms with van der Waals surface area (Å²) < 4.78 is 11.6. The lowest BCUT2D eigenvalue weighted by Crippen LogP contribution is -2.30. The molecule has 2 N–H and O–H groups in total. The summed E-state index contributed by atoms with van der Waals surface area (Å²) in [5.41, 5.74) is 0.414. The quantitative estimate of drug-likeness (QED) is 0.561. The molecular weight excluding hydrogens is 221 g/mol. The van der Waals surface area contributed by atoms with Crippen LogP contribution < -0.4 is 10.8 Å². The largest absolute Gasteiger partial charge is 0.488 e. The molecule has 0 saturated carbocycles. The molecule has 1 aromatic rings. The Bertz CT molecular complexity index is 333. The van der Waals surface area contributed by atoms with Gasteiger partial charge in [-0.05, 0) is 18.8 Å². The van der Waals surface area contributed by atoms with Crippen LogP contribution in [-0.2, 0) is 4.57 Å². The summed E-state index contributed by atoms with van der Waals surface area (Å²) in [5.74, 6) is 0. The highest BCUT2D eigenvalue weighted by atomic mass is 35.5. The van der Waals surface area contributed by atoms with E-state index in [1.165, 1.54) is 0 Å². The molecule has 0 aliphatic rings. The van der Waals surface area contributed by atoms with Crippen LogP contribution in [0, 0.1) is 0 Å². The van der Waals surface area contributed by atoms with Crippen molar-refractivity contribution in [3.8, 4) is 0 Å². The molecule has 0 saturated heterocycles. The molecule has 6 heteroatoms. The van der Waals surface area contributed by atoms with Gasteiger partial charge in [-0.1, -0.05) is 24.3 Å². The molecule has 0 aromatic heterocycles. The minimum Gasteiger partial charge on any atom is -0.423 e. The maximum atomic E-state index is 11.6. The van der Waals surface area contributed by atoms with Crippen molar-refractivity contribution in [3.63, 3.8) is 0 Å². The van der Waals surface area contributed by atoms with Crippen LogP contribution in [0.4, 0.5) is 0 Å². The number of rotatable bonds is 2.